The molecule has 0 bridgehead atoms. The molecule has 0 unspecified atom stereocenters. The standard InChI is InChI=1S/C4H6O2.4C2H5.Pb/c1-3(2)4(5)6;4*1-2;/h1H2,2H3,(H,5,6);4*1H2,2H3;. The van der Waals surface area contributed by atoms with Gasteiger partial charge in [0, 0.05) is 5.57 Å². The van der Waals surface area contributed by atoms with E-state index in [9.17, 15) is 4.79 Å². The Morgan fingerprint density at radius 1 is 1.07 bits per heavy atom. The second kappa shape index (κ2) is 9.36. The fourth-order valence-corrected chi connectivity index (χ4v) is 13.2. The molecule has 0 aromatic carbocycles. The Bertz CT molecular complexity index is 166. The number of hydrogen-bond acceptors (Lipinski definition) is 1. The van der Waals surface area contributed by atoms with Crippen LogP contribution >= 0.6 is 0 Å². The fraction of sp³-hybridized carbons (Fsp3) is 0.750. The van der Waals surface area contributed by atoms with Gasteiger partial charge in [0.2, 0.25) is 0 Å². The first-order valence-corrected chi connectivity index (χ1v) is 16.8. The summed E-state index contributed by atoms with van der Waals surface area (Å²) in [7, 11) is 0. The predicted octanol–water partition coefficient (Wildman–Crippen LogP) is 4.16. The van der Waals surface area contributed by atoms with Crippen molar-refractivity contribution < 1.29 is 9.90 Å². The summed E-state index contributed by atoms with van der Waals surface area (Å²) in [6.45, 7) is 14.2. The van der Waals surface area contributed by atoms with Crippen molar-refractivity contribution in [3.8, 4) is 0 Å². The van der Waals surface area contributed by atoms with E-state index in [1.54, 1.807) is 15.9 Å². The molecule has 90 valence electrons. The van der Waals surface area contributed by atoms with Crippen molar-refractivity contribution in [3.63, 3.8) is 0 Å². The van der Waals surface area contributed by atoms with Crippen LogP contribution < -0.4 is 0 Å². The summed E-state index contributed by atoms with van der Waals surface area (Å²) in [5.74, 6) is -0.935. The van der Waals surface area contributed by atoms with Gasteiger partial charge in [-0.2, -0.15) is 0 Å². The first-order chi connectivity index (χ1) is 6.89. The molecule has 0 heterocycles. The van der Waals surface area contributed by atoms with E-state index in [0.29, 0.717) is 0 Å². The van der Waals surface area contributed by atoms with E-state index in [2.05, 4.69) is 34.3 Å². The van der Waals surface area contributed by atoms with Gasteiger partial charge in [0.15, 0.2) is 0 Å². The van der Waals surface area contributed by atoms with Crippen LogP contribution in [0.1, 0.15) is 34.6 Å². The van der Waals surface area contributed by atoms with Gasteiger partial charge in [-0.3, -0.25) is 0 Å². The first-order valence-electron chi connectivity index (χ1n) is 5.77. The van der Waals surface area contributed by atoms with E-state index in [1.165, 1.54) is 6.92 Å². The van der Waals surface area contributed by atoms with Crippen LogP contribution in [0, 0.1) is 0 Å². The molecule has 0 aliphatic carbocycles. The number of carboxylic acids is 1. The number of rotatable bonds is 5. The molecule has 0 aliphatic heterocycles. The molecule has 0 radical (unpaired) electrons. The number of aliphatic carboxylic acids is 1. The van der Waals surface area contributed by atoms with Gasteiger partial charge in [0.25, 0.3) is 0 Å². The van der Waals surface area contributed by atoms with Crippen LogP contribution in [-0.4, -0.2) is 32.2 Å². The summed E-state index contributed by atoms with van der Waals surface area (Å²) in [6.07, 6.45) is 0. The Kier molecular flexibility index (Phi) is 10.9. The van der Waals surface area contributed by atoms with E-state index in [4.69, 9.17) is 5.11 Å². The Balaban J connectivity index is 0. The third-order valence-electron chi connectivity index (χ3n) is 3.37. The quantitative estimate of drug-likeness (QED) is 0.547. The average molecular weight is 410 g/mol. The van der Waals surface area contributed by atoms with Gasteiger partial charge in [-0.05, 0) is 6.92 Å². The Hall–Kier alpha value is 0.132. The molecule has 0 rings (SSSR count). The van der Waals surface area contributed by atoms with Crippen molar-refractivity contribution in [2.75, 3.05) is 0 Å². The summed E-state index contributed by atoms with van der Waals surface area (Å²) < 4.78 is 6.26. The van der Waals surface area contributed by atoms with Gasteiger partial charge >= 0.3 is 70.8 Å². The minimum atomic E-state index is -1.51. The molecule has 0 aliphatic rings. The number of carboxylic acid groups (broad SMARTS) is 1. The summed E-state index contributed by atoms with van der Waals surface area (Å²) in [5.41, 5.74) is 0.176. The fourth-order valence-electron chi connectivity index (χ4n) is 1.50. The predicted molar refractivity (Wildman–Crippen MR) is 70.1 cm³/mol. The topological polar surface area (TPSA) is 37.3 Å². The zero-order valence-corrected chi connectivity index (χ0v) is 14.8. The third kappa shape index (κ3) is 7.99. The molecule has 1 N–H and O–H groups in total. The van der Waals surface area contributed by atoms with Crippen molar-refractivity contribution in [3.05, 3.63) is 12.2 Å². The van der Waals surface area contributed by atoms with Gasteiger partial charge in [-0.25, -0.2) is 4.79 Å². The summed E-state index contributed by atoms with van der Waals surface area (Å²) >= 11 is -1.51. The van der Waals surface area contributed by atoms with E-state index in [0.717, 1.165) is 0 Å². The van der Waals surface area contributed by atoms with E-state index >= 15 is 0 Å². The normalized spacial score (nSPS) is 10.2. The average Bonchev–Trinajstić information content (AvgIpc) is 2.23. The second-order valence-corrected chi connectivity index (χ2v) is 26.7. The van der Waals surface area contributed by atoms with Gasteiger partial charge in [-0.1, -0.05) is 6.58 Å². The van der Waals surface area contributed by atoms with Crippen molar-refractivity contribution in [2.45, 2.75) is 50.5 Å². The maximum atomic E-state index is 9.60. The molecular weight excluding hydrogens is 383 g/mol. The van der Waals surface area contributed by atoms with E-state index in [-0.39, 0.29) is 5.57 Å². The van der Waals surface area contributed by atoms with Crippen LogP contribution in [0.3, 0.4) is 0 Å². The number of carbonyl (C=O) groups is 1. The van der Waals surface area contributed by atoms with Gasteiger partial charge in [0.05, 0.1) is 0 Å². The second-order valence-electron chi connectivity index (χ2n) is 4.00. The molecule has 0 aromatic rings. The van der Waals surface area contributed by atoms with E-state index in [1.807, 2.05) is 0 Å². The summed E-state index contributed by atoms with van der Waals surface area (Å²) in [5, 5.41) is 7.89. The third-order valence-corrected chi connectivity index (χ3v) is 26.7. The molecule has 0 amide bonds. The first kappa shape index (κ1) is 17.5. The van der Waals surface area contributed by atoms with Crippen LogP contribution in [0.5, 0.6) is 0 Å². The molecule has 0 aromatic heterocycles. The van der Waals surface area contributed by atoms with Gasteiger partial charge in [0.1, 0.15) is 0 Å². The molecular formula is C12H26O2Pb. The van der Waals surface area contributed by atoms with Crippen LogP contribution in [0.25, 0.3) is 0 Å². The Morgan fingerprint density at radius 3 is 1.27 bits per heavy atom. The molecule has 0 spiro atoms. The zero-order valence-electron chi connectivity index (χ0n) is 10.9. The van der Waals surface area contributed by atoms with Crippen molar-refractivity contribution in [1.29, 1.82) is 0 Å². The van der Waals surface area contributed by atoms with Crippen molar-refractivity contribution in [1.82, 2.24) is 0 Å². The SMILES string of the molecule is C=C(C)C(=O)O.C[CH2][Pb]([CH2]C)([CH2]C)[CH2]C. The summed E-state index contributed by atoms with van der Waals surface area (Å²) in [4.78, 5) is 9.60. The molecule has 0 fully saturated rings. The molecule has 3 heteroatoms. The molecule has 2 nitrogen and oxygen atoms in total. The van der Waals surface area contributed by atoms with Crippen LogP contribution in [-0.2, 0) is 4.79 Å². The summed E-state index contributed by atoms with van der Waals surface area (Å²) in [6, 6.07) is 0. The molecule has 0 atom stereocenters. The zero-order chi connectivity index (χ0) is 12.5. The van der Waals surface area contributed by atoms with Crippen LogP contribution in [0.15, 0.2) is 12.2 Å². The van der Waals surface area contributed by atoms with Gasteiger partial charge < -0.3 is 5.11 Å². The van der Waals surface area contributed by atoms with Crippen molar-refractivity contribution in [2.24, 2.45) is 0 Å². The van der Waals surface area contributed by atoms with Crippen molar-refractivity contribution >= 4 is 27.1 Å². The molecule has 15 heavy (non-hydrogen) atoms. The van der Waals surface area contributed by atoms with Crippen LogP contribution in [0.4, 0.5) is 0 Å². The minimum absolute atomic E-state index is 0.176. The monoisotopic (exact) mass is 410 g/mol. The molecule has 0 saturated heterocycles. The van der Waals surface area contributed by atoms with Gasteiger partial charge in [-0.15, -0.1) is 0 Å². The van der Waals surface area contributed by atoms with Crippen LogP contribution in [0.2, 0.25) is 15.9 Å². The number of hydrogen-bond donors (Lipinski definition) is 1. The Morgan fingerprint density at radius 2 is 1.27 bits per heavy atom. The van der Waals surface area contributed by atoms with E-state index < -0.39 is 27.1 Å². The molecule has 0 saturated carbocycles. The Labute approximate surface area is 99.4 Å². The maximum absolute atomic E-state index is 9.60.